The average Bonchev–Trinajstić information content (AvgIpc) is 3.80. The predicted molar refractivity (Wildman–Crippen MR) is 130 cm³/mol. The fourth-order valence-electron chi connectivity index (χ4n) is 4.70. The van der Waals surface area contributed by atoms with Crippen molar-refractivity contribution in [1.82, 2.24) is 5.32 Å². The summed E-state index contributed by atoms with van der Waals surface area (Å²) in [7, 11) is 0. The van der Waals surface area contributed by atoms with Crippen molar-refractivity contribution in [2.45, 2.75) is 79.3 Å². The Morgan fingerprint density at radius 1 is 0.837 bits per heavy atom. The molecule has 43 heavy (non-hydrogen) atoms. The lowest BCUT2D eigenvalue weighted by Gasteiger charge is -2.41. The Hall–Kier alpha value is -2.40. The molecule has 0 aromatic heterocycles. The van der Waals surface area contributed by atoms with Gasteiger partial charge in [0, 0.05) is 11.1 Å². The molecule has 16 nitrogen and oxygen atoms in total. The summed E-state index contributed by atoms with van der Waals surface area (Å²) in [6, 6.07) is 3.04. The van der Waals surface area contributed by atoms with Crippen LogP contribution in [0.5, 0.6) is 0 Å². The van der Waals surface area contributed by atoms with Crippen molar-refractivity contribution >= 4 is 5.91 Å². The number of aliphatic hydroxyl groups is 8. The van der Waals surface area contributed by atoms with Gasteiger partial charge in [0.1, 0.15) is 48.8 Å². The minimum Gasteiger partial charge on any atom is -0.394 e. The van der Waals surface area contributed by atoms with Gasteiger partial charge in [-0.25, -0.2) is 0 Å². The summed E-state index contributed by atoms with van der Waals surface area (Å²) in [6.45, 7) is -2.54. The van der Waals surface area contributed by atoms with Crippen LogP contribution in [0, 0.1) is 0 Å². The molecule has 3 heterocycles. The molecule has 3 aliphatic heterocycles. The molecule has 0 bridgehead atoms. The van der Waals surface area contributed by atoms with E-state index >= 15 is 0 Å². The number of amides is 1. The van der Waals surface area contributed by atoms with Gasteiger partial charge in [0.05, 0.1) is 32.5 Å². The van der Waals surface area contributed by atoms with Crippen LogP contribution in [0.4, 0.5) is 13.2 Å². The molecule has 1 aromatic carbocycles. The first-order chi connectivity index (χ1) is 20.2. The van der Waals surface area contributed by atoms with Gasteiger partial charge in [0.25, 0.3) is 5.91 Å². The van der Waals surface area contributed by atoms with E-state index in [-0.39, 0.29) is 11.1 Å². The molecule has 2 fully saturated rings. The summed E-state index contributed by atoms with van der Waals surface area (Å²) in [5, 5.41) is 87.9. The summed E-state index contributed by atoms with van der Waals surface area (Å²) < 4.78 is 61.2. The van der Waals surface area contributed by atoms with Gasteiger partial charge >= 0.3 is 11.8 Å². The molecule has 0 unspecified atom stereocenters. The number of ether oxygens (including phenoxy) is 4. The molecule has 0 spiro atoms. The highest BCUT2D eigenvalue weighted by atomic mass is 19.4. The topological polar surface area (TPSA) is 253 Å². The maximum Gasteiger partial charge on any atom is 0.442 e. The highest BCUT2D eigenvalue weighted by molar-refractivity contribution is 5.94. The number of hydrogen-bond acceptors (Lipinski definition) is 15. The Labute approximate surface area is 240 Å². The average molecular weight is 628 g/mol. The minimum absolute atomic E-state index is 0.104. The molecule has 10 atom stereocenters. The maximum atomic E-state index is 13.3. The highest BCUT2D eigenvalue weighted by Gasteiger charge is 2.65. The lowest BCUT2D eigenvalue weighted by atomic mass is 9.99. The van der Waals surface area contributed by atoms with Crippen LogP contribution in [0.1, 0.15) is 15.9 Å². The second kappa shape index (κ2) is 13.3. The molecular weight excluding hydrogens is 595 g/mol. The van der Waals surface area contributed by atoms with Gasteiger partial charge in [0.2, 0.25) is 0 Å². The zero-order valence-electron chi connectivity index (χ0n) is 22.1. The number of rotatable bonds is 11. The summed E-state index contributed by atoms with van der Waals surface area (Å²) in [5.74, 6) is -0.835. The van der Waals surface area contributed by atoms with Gasteiger partial charge in [-0.05, 0) is 12.1 Å². The van der Waals surface area contributed by atoms with Gasteiger partial charge in [-0.2, -0.15) is 13.2 Å². The molecule has 4 rings (SSSR count). The monoisotopic (exact) mass is 627 g/mol. The Morgan fingerprint density at radius 2 is 1.28 bits per heavy atom. The molecule has 1 aromatic rings. The number of nitrogens with zero attached hydrogens (tertiary/aromatic N) is 2. The smallest absolute Gasteiger partial charge is 0.394 e. The van der Waals surface area contributed by atoms with Gasteiger partial charge in [-0.1, -0.05) is 12.1 Å². The molecule has 1 amide bonds. The van der Waals surface area contributed by atoms with Crippen molar-refractivity contribution in [3.8, 4) is 0 Å². The van der Waals surface area contributed by atoms with E-state index in [1.807, 2.05) is 0 Å². The van der Waals surface area contributed by atoms with E-state index in [4.69, 9.17) is 18.9 Å². The largest absolute Gasteiger partial charge is 0.442 e. The first kappa shape index (κ1) is 33.5. The van der Waals surface area contributed by atoms with Crippen LogP contribution in [0.15, 0.2) is 34.5 Å². The highest BCUT2D eigenvalue weighted by Crippen LogP contribution is 2.52. The van der Waals surface area contributed by atoms with Crippen molar-refractivity contribution in [3.63, 3.8) is 0 Å². The molecule has 0 aliphatic carbocycles. The van der Waals surface area contributed by atoms with E-state index in [9.17, 15) is 58.8 Å². The van der Waals surface area contributed by atoms with E-state index in [0.29, 0.717) is 0 Å². The first-order valence-corrected chi connectivity index (χ1v) is 13.0. The van der Waals surface area contributed by atoms with Crippen molar-refractivity contribution < 1.29 is 77.8 Å². The number of alkyl halides is 3. The van der Waals surface area contributed by atoms with Crippen LogP contribution in [0.25, 0.3) is 0 Å². The molecule has 0 radical (unpaired) electrons. The number of benzene rings is 1. The van der Waals surface area contributed by atoms with E-state index in [1.165, 1.54) is 0 Å². The fourth-order valence-corrected chi connectivity index (χ4v) is 4.70. The molecule has 2 saturated heterocycles. The minimum atomic E-state index is -4.77. The zero-order valence-corrected chi connectivity index (χ0v) is 22.1. The summed E-state index contributed by atoms with van der Waals surface area (Å²) in [5.41, 5.74) is -3.11. The van der Waals surface area contributed by atoms with Crippen LogP contribution < -0.4 is 5.32 Å². The van der Waals surface area contributed by atoms with Gasteiger partial charge in [0.15, 0.2) is 12.6 Å². The summed E-state index contributed by atoms with van der Waals surface area (Å²) in [4.78, 5) is 13.0. The predicted octanol–water partition coefficient (Wildman–Crippen LogP) is -3.40. The molecule has 3 aliphatic rings. The Kier molecular flexibility index (Phi) is 10.4. The zero-order chi connectivity index (χ0) is 31.7. The van der Waals surface area contributed by atoms with Gasteiger partial charge in [-0.15, -0.1) is 10.2 Å². The summed E-state index contributed by atoms with van der Waals surface area (Å²) >= 11 is 0. The number of halogens is 3. The maximum absolute atomic E-state index is 13.3. The lowest BCUT2D eigenvalue weighted by molar-refractivity contribution is -0.299. The van der Waals surface area contributed by atoms with Crippen molar-refractivity contribution in [1.29, 1.82) is 0 Å². The SMILES string of the molecule is O=C(NC(CO[C@H]1[C@H](O)[C@H](O)[C@@H](O)O[C@@H]1CO)CO[C@H]1[C@H](O)[C@H](O)[C@@H](O)O[C@@H]1CO)c1ccc(C2(C(F)(F)F)N=N2)cc1. The lowest BCUT2D eigenvalue weighted by Crippen LogP contribution is -2.61. The van der Waals surface area contributed by atoms with Crippen molar-refractivity contribution in [3.05, 3.63) is 35.4 Å². The van der Waals surface area contributed by atoms with Crippen LogP contribution in [-0.4, -0.2) is 147 Å². The third kappa shape index (κ3) is 6.97. The van der Waals surface area contributed by atoms with Gasteiger partial charge < -0.3 is 65.1 Å². The van der Waals surface area contributed by atoms with E-state index in [1.54, 1.807) is 0 Å². The standard InChI is InChI=1S/C24H32F3N3O13/c25-24(26,27)23(29-30-23)10-3-1-9(2-4-10)20(37)28-11(7-40-18-12(5-31)42-21(38)16(35)14(18)33)8-41-19-13(6-32)43-22(39)17(36)15(19)34/h1-4,11-19,21-22,31-36,38-39H,5-8H2,(H,28,37)/t12-,13-,14-,15-,16+,17+,18-,19-,21+,22+/m1/s1. The fraction of sp³-hybridized carbons (Fsp3) is 0.708. The van der Waals surface area contributed by atoms with Crippen molar-refractivity contribution in [2.24, 2.45) is 10.2 Å². The van der Waals surface area contributed by atoms with Crippen LogP contribution in [0.3, 0.4) is 0 Å². The van der Waals surface area contributed by atoms with E-state index in [2.05, 4.69) is 15.5 Å². The van der Waals surface area contributed by atoms with E-state index in [0.717, 1.165) is 24.3 Å². The molecule has 9 N–H and O–H groups in total. The van der Waals surface area contributed by atoms with Crippen LogP contribution in [0.2, 0.25) is 0 Å². The molecule has 0 saturated carbocycles. The number of aliphatic hydroxyl groups excluding tert-OH is 8. The van der Waals surface area contributed by atoms with Crippen molar-refractivity contribution in [2.75, 3.05) is 26.4 Å². The van der Waals surface area contributed by atoms with E-state index < -0.39 is 112 Å². The third-order valence-electron chi connectivity index (χ3n) is 7.24. The number of carbonyl (C=O) groups excluding carboxylic acids is 1. The van der Waals surface area contributed by atoms with Crippen LogP contribution >= 0.6 is 0 Å². The third-order valence-corrected chi connectivity index (χ3v) is 7.24. The van der Waals surface area contributed by atoms with Gasteiger partial charge in [-0.3, -0.25) is 4.79 Å². The molecule has 19 heteroatoms. The number of hydrogen-bond donors (Lipinski definition) is 9. The second-order valence-corrected chi connectivity index (χ2v) is 10.2. The molecular formula is C24H32F3N3O13. The quantitative estimate of drug-likeness (QED) is 0.116. The number of nitrogens with one attached hydrogen (secondary N) is 1. The Morgan fingerprint density at radius 3 is 1.65 bits per heavy atom. The summed E-state index contributed by atoms with van der Waals surface area (Å²) in [6.07, 6.45) is -21.0. The Balaban J connectivity index is 1.48. The normalized spacial score (nSPS) is 35.6. The number of carbonyl (C=O) groups is 1. The second-order valence-electron chi connectivity index (χ2n) is 10.2. The molecule has 242 valence electrons. The Bertz CT molecular complexity index is 1080. The first-order valence-electron chi connectivity index (χ1n) is 13.0. The van der Waals surface area contributed by atoms with Crippen LogP contribution in [-0.2, 0) is 24.6 Å².